The number of likely N-dealkylation sites (N-methyl/N-ethyl adjacent to an activating group) is 4. The van der Waals surface area contributed by atoms with Gasteiger partial charge < -0.3 is 9.80 Å². The summed E-state index contributed by atoms with van der Waals surface area (Å²) >= 11 is 10.4. The minimum atomic E-state index is -0.140. The van der Waals surface area contributed by atoms with E-state index in [-0.39, 0.29) is 11.8 Å². The van der Waals surface area contributed by atoms with Gasteiger partial charge in [-0.3, -0.25) is 19.4 Å². The first-order chi connectivity index (χ1) is 12.2. The summed E-state index contributed by atoms with van der Waals surface area (Å²) in [7, 11) is 6.85. The molecule has 0 unspecified atom stereocenters. The van der Waals surface area contributed by atoms with Crippen LogP contribution in [0.5, 0.6) is 0 Å². The number of benzene rings is 1. The van der Waals surface area contributed by atoms with Crippen LogP contribution in [0, 0.1) is 0 Å². The Labute approximate surface area is 162 Å². The second-order valence-electron chi connectivity index (χ2n) is 6.14. The van der Waals surface area contributed by atoms with Crippen molar-refractivity contribution in [2.75, 3.05) is 28.2 Å². The Kier molecular flexibility index (Phi) is 4.64. The first-order valence-corrected chi connectivity index (χ1v) is 8.69. The van der Waals surface area contributed by atoms with Gasteiger partial charge in [-0.05, 0) is 53.8 Å². The second-order valence-corrected chi connectivity index (χ2v) is 6.87. The maximum Gasteiger partial charge on any atom is 0.276 e. The molecule has 2 aliphatic rings. The Morgan fingerprint density at radius 3 is 1.42 bits per heavy atom. The van der Waals surface area contributed by atoms with Crippen molar-refractivity contribution in [3.05, 3.63) is 46.8 Å². The van der Waals surface area contributed by atoms with Gasteiger partial charge in [-0.25, -0.2) is 0 Å². The summed E-state index contributed by atoms with van der Waals surface area (Å²) < 4.78 is 0. The van der Waals surface area contributed by atoms with Gasteiger partial charge in [0.25, 0.3) is 11.8 Å². The molecule has 0 radical (unpaired) electrons. The average Bonchev–Trinajstić information content (AvgIpc) is 2.92. The molecule has 2 heterocycles. The van der Waals surface area contributed by atoms with Crippen molar-refractivity contribution in [1.29, 1.82) is 0 Å². The largest absolute Gasteiger partial charge is 0.317 e. The summed E-state index contributed by atoms with van der Waals surface area (Å²) in [6.07, 6.45) is 3.58. The minimum absolute atomic E-state index is 0.140. The summed E-state index contributed by atoms with van der Waals surface area (Å²) in [6, 6.07) is 7.58. The van der Waals surface area contributed by atoms with Gasteiger partial charge in [-0.15, -0.1) is 0 Å². The molecule has 0 aliphatic carbocycles. The monoisotopic (exact) mass is 386 g/mol. The molecule has 0 saturated carbocycles. The van der Waals surface area contributed by atoms with Gasteiger partial charge in [-0.1, -0.05) is 18.2 Å². The van der Waals surface area contributed by atoms with Crippen LogP contribution in [-0.2, 0) is 9.59 Å². The molecule has 0 spiro atoms. The smallest absolute Gasteiger partial charge is 0.276 e. The molecule has 0 atom stereocenters. The van der Waals surface area contributed by atoms with E-state index in [1.165, 1.54) is 9.80 Å². The molecule has 0 N–H and O–H groups in total. The molecular formula is C18H18N4O2S2. The van der Waals surface area contributed by atoms with Crippen molar-refractivity contribution in [1.82, 2.24) is 19.6 Å². The lowest BCUT2D eigenvalue weighted by atomic mass is 10.1. The maximum atomic E-state index is 12.3. The fourth-order valence-corrected chi connectivity index (χ4v) is 3.19. The van der Waals surface area contributed by atoms with Crippen molar-refractivity contribution < 1.29 is 9.59 Å². The van der Waals surface area contributed by atoms with E-state index in [2.05, 4.69) is 0 Å². The van der Waals surface area contributed by atoms with Crippen LogP contribution >= 0.6 is 24.4 Å². The summed E-state index contributed by atoms with van der Waals surface area (Å²) in [6.45, 7) is 0. The molecule has 6 nitrogen and oxygen atoms in total. The molecule has 1 aromatic rings. The minimum Gasteiger partial charge on any atom is -0.317 e. The summed E-state index contributed by atoms with van der Waals surface area (Å²) in [4.78, 5) is 30.8. The fraction of sp³-hybridized carbons (Fsp3) is 0.222. The molecule has 0 bridgehead atoms. The van der Waals surface area contributed by atoms with Gasteiger partial charge in [-0.2, -0.15) is 0 Å². The van der Waals surface area contributed by atoms with Crippen LogP contribution in [0.2, 0.25) is 0 Å². The van der Waals surface area contributed by atoms with Crippen LogP contribution in [0.3, 0.4) is 0 Å². The summed E-state index contributed by atoms with van der Waals surface area (Å²) in [5.41, 5.74) is 2.71. The van der Waals surface area contributed by atoms with Gasteiger partial charge in [0.05, 0.1) is 0 Å². The zero-order valence-electron chi connectivity index (χ0n) is 14.9. The third-order valence-corrected chi connectivity index (χ3v) is 5.53. The molecule has 2 amide bonds. The number of hydrogen-bond acceptors (Lipinski definition) is 4. The standard InChI is InChI=1S/C18H18N4O2S2/c1-19-13(15(23)21(3)17(19)25)9-11-6-5-7-12(8-11)10-14-16(24)22(4)18(26)20(14)2/h5-10H,1-4H3. The second kappa shape index (κ2) is 6.62. The summed E-state index contributed by atoms with van der Waals surface area (Å²) in [5.74, 6) is -0.280. The average molecular weight is 387 g/mol. The number of rotatable bonds is 2. The molecule has 26 heavy (non-hydrogen) atoms. The lowest BCUT2D eigenvalue weighted by Crippen LogP contribution is -2.26. The maximum absolute atomic E-state index is 12.3. The number of thiocarbonyl (C=S) groups is 2. The molecule has 2 fully saturated rings. The number of nitrogens with zero attached hydrogens (tertiary/aromatic N) is 4. The predicted molar refractivity (Wildman–Crippen MR) is 109 cm³/mol. The van der Waals surface area contributed by atoms with E-state index in [1.807, 2.05) is 24.3 Å². The van der Waals surface area contributed by atoms with Crippen molar-refractivity contribution in [2.24, 2.45) is 0 Å². The first-order valence-electron chi connectivity index (χ1n) is 7.87. The number of hydrogen-bond donors (Lipinski definition) is 0. The van der Waals surface area contributed by atoms with E-state index in [9.17, 15) is 9.59 Å². The normalized spacial score (nSPS) is 21.2. The van der Waals surface area contributed by atoms with Crippen LogP contribution in [0.1, 0.15) is 11.1 Å². The van der Waals surface area contributed by atoms with Crippen LogP contribution in [0.4, 0.5) is 0 Å². The summed E-state index contributed by atoms with van der Waals surface area (Å²) in [5, 5.41) is 0.934. The highest BCUT2D eigenvalue weighted by atomic mass is 32.1. The molecule has 8 heteroatoms. The number of carbonyl (C=O) groups is 2. The Morgan fingerprint density at radius 2 is 1.12 bits per heavy atom. The van der Waals surface area contributed by atoms with E-state index in [1.54, 1.807) is 50.1 Å². The van der Waals surface area contributed by atoms with E-state index in [4.69, 9.17) is 24.4 Å². The first kappa shape index (κ1) is 18.2. The number of carbonyl (C=O) groups excluding carboxylic acids is 2. The van der Waals surface area contributed by atoms with Crippen LogP contribution < -0.4 is 0 Å². The molecule has 3 rings (SSSR count). The van der Waals surface area contributed by atoms with Gasteiger partial charge in [0, 0.05) is 28.2 Å². The molecule has 2 saturated heterocycles. The molecular weight excluding hydrogens is 368 g/mol. The van der Waals surface area contributed by atoms with Crippen molar-refractivity contribution in [3.63, 3.8) is 0 Å². The third-order valence-electron chi connectivity index (χ3n) is 4.44. The van der Waals surface area contributed by atoms with E-state index < -0.39 is 0 Å². The topological polar surface area (TPSA) is 47.1 Å². The van der Waals surface area contributed by atoms with E-state index >= 15 is 0 Å². The van der Waals surface area contributed by atoms with Crippen molar-refractivity contribution in [2.45, 2.75) is 0 Å². The van der Waals surface area contributed by atoms with Crippen LogP contribution in [0.25, 0.3) is 12.2 Å². The number of amides is 2. The molecule has 2 aliphatic heterocycles. The Morgan fingerprint density at radius 1 is 0.731 bits per heavy atom. The van der Waals surface area contributed by atoms with Gasteiger partial charge in [0.2, 0.25) is 0 Å². The van der Waals surface area contributed by atoms with Crippen LogP contribution in [-0.4, -0.2) is 69.8 Å². The molecule has 0 aromatic heterocycles. The highest BCUT2D eigenvalue weighted by Crippen LogP contribution is 2.23. The van der Waals surface area contributed by atoms with Crippen molar-refractivity contribution in [3.8, 4) is 0 Å². The van der Waals surface area contributed by atoms with Crippen LogP contribution in [0.15, 0.2) is 35.7 Å². The Balaban J connectivity index is 1.95. The predicted octanol–water partition coefficient (Wildman–Crippen LogP) is 1.75. The lowest BCUT2D eigenvalue weighted by Gasteiger charge is -2.11. The molecule has 1 aromatic carbocycles. The quantitative estimate of drug-likeness (QED) is 0.570. The van der Waals surface area contributed by atoms with Gasteiger partial charge >= 0.3 is 0 Å². The zero-order chi connectivity index (χ0) is 19.2. The van der Waals surface area contributed by atoms with Gasteiger partial charge in [0.1, 0.15) is 11.4 Å². The van der Waals surface area contributed by atoms with E-state index in [0.29, 0.717) is 21.6 Å². The van der Waals surface area contributed by atoms with E-state index in [0.717, 1.165) is 11.1 Å². The van der Waals surface area contributed by atoms with Crippen molar-refractivity contribution >= 4 is 58.6 Å². The lowest BCUT2D eigenvalue weighted by molar-refractivity contribution is -0.122. The Hall–Kier alpha value is -2.58. The SMILES string of the molecule is CN1C(=O)C(=Cc2cccc(C=C3C(=O)N(C)C(=S)N3C)c2)N(C)C1=S. The third kappa shape index (κ3) is 2.91. The molecule has 134 valence electrons. The highest BCUT2D eigenvalue weighted by Gasteiger charge is 2.33. The highest BCUT2D eigenvalue weighted by molar-refractivity contribution is 7.80. The zero-order valence-corrected chi connectivity index (χ0v) is 16.5. The fourth-order valence-electron chi connectivity index (χ4n) is 2.83. The Bertz CT molecular complexity index is 837. The van der Waals surface area contributed by atoms with Gasteiger partial charge in [0.15, 0.2) is 10.2 Å².